The van der Waals surface area contributed by atoms with Crippen LogP contribution in [0.3, 0.4) is 0 Å². The average Bonchev–Trinajstić information content (AvgIpc) is 2.59. The molecule has 1 aliphatic rings. The first kappa shape index (κ1) is 17.7. The summed E-state index contributed by atoms with van der Waals surface area (Å²) in [7, 11) is 0. The lowest BCUT2D eigenvalue weighted by Crippen LogP contribution is -2.16. The normalized spacial score (nSPS) is 15.6. The standard InChI is InChI=1S/C21H25F2NO/c1-3-5-7-14-10-15-8-9-18(25-23)21(22)20(15)17-12-16(24)11-13(6-4-2)19(14)17/h8-9,11-12,14H,3-7,10,24H2,1-2H3. The summed E-state index contributed by atoms with van der Waals surface area (Å²) in [6.07, 6.45) is 5.99. The summed E-state index contributed by atoms with van der Waals surface area (Å²) in [5.74, 6) is -0.652. The number of fused-ring (bicyclic) bond motifs is 3. The fourth-order valence-electron chi connectivity index (χ4n) is 4.09. The molecule has 2 nitrogen and oxygen atoms in total. The number of rotatable bonds is 6. The van der Waals surface area contributed by atoms with Crippen LogP contribution in [0, 0.1) is 5.82 Å². The third-order valence-electron chi connectivity index (χ3n) is 5.13. The Labute approximate surface area is 147 Å². The minimum Gasteiger partial charge on any atom is -0.399 e. The molecule has 0 spiro atoms. The number of nitrogens with two attached hydrogens (primary N) is 1. The third-order valence-corrected chi connectivity index (χ3v) is 5.13. The molecule has 2 N–H and O–H groups in total. The van der Waals surface area contributed by atoms with Crippen molar-refractivity contribution >= 4 is 5.69 Å². The molecule has 2 aromatic rings. The molecule has 1 atom stereocenters. The van der Waals surface area contributed by atoms with Crippen LogP contribution < -0.4 is 10.7 Å². The van der Waals surface area contributed by atoms with E-state index in [1.165, 1.54) is 17.2 Å². The van der Waals surface area contributed by atoms with Crippen molar-refractivity contribution < 1.29 is 13.9 Å². The minimum atomic E-state index is -0.636. The summed E-state index contributed by atoms with van der Waals surface area (Å²) in [4.78, 5) is 3.72. The number of benzene rings is 2. The monoisotopic (exact) mass is 345 g/mol. The molecule has 2 aromatic carbocycles. The molecule has 134 valence electrons. The lowest BCUT2D eigenvalue weighted by Gasteiger charge is -2.31. The van der Waals surface area contributed by atoms with Gasteiger partial charge in [0.25, 0.3) is 0 Å². The Kier molecular flexibility index (Phi) is 5.26. The highest BCUT2D eigenvalue weighted by Crippen LogP contribution is 2.47. The summed E-state index contributed by atoms with van der Waals surface area (Å²) in [6, 6.07) is 6.99. The van der Waals surface area contributed by atoms with E-state index in [1.54, 1.807) is 6.07 Å². The highest BCUT2D eigenvalue weighted by Gasteiger charge is 2.30. The van der Waals surface area contributed by atoms with Gasteiger partial charge < -0.3 is 5.73 Å². The topological polar surface area (TPSA) is 35.2 Å². The van der Waals surface area contributed by atoms with Crippen molar-refractivity contribution in [1.29, 1.82) is 0 Å². The molecule has 3 rings (SSSR count). The average molecular weight is 345 g/mol. The van der Waals surface area contributed by atoms with Gasteiger partial charge in [0.2, 0.25) is 5.75 Å². The van der Waals surface area contributed by atoms with E-state index in [9.17, 15) is 8.92 Å². The maximum absolute atomic E-state index is 14.9. The van der Waals surface area contributed by atoms with Crippen molar-refractivity contribution in [1.82, 2.24) is 0 Å². The van der Waals surface area contributed by atoms with Gasteiger partial charge in [-0.25, -0.2) is 4.39 Å². The van der Waals surface area contributed by atoms with E-state index in [4.69, 9.17) is 5.73 Å². The van der Waals surface area contributed by atoms with Crippen LogP contribution in [-0.2, 0) is 12.8 Å². The molecule has 0 bridgehead atoms. The quantitative estimate of drug-likeness (QED) is 0.640. The van der Waals surface area contributed by atoms with Crippen LogP contribution in [0.5, 0.6) is 5.75 Å². The summed E-state index contributed by atoms with van der Waals surface area (Å²) in [6.45, 7) is 4.31. The number of hydrogen-bond donors (Lipinski definition) is 1. The van der Waals surface area contributed by atoms with Gasteiger partial charge in [-0.3, -0.25) is 4.94 Å². The molecular formula is C21H25F2NO. The molecule has 0 fully saturated rings. The van der Waals surface area contributed by atoms with E-state index in [-0.39, 0.29) is 5.75 Å². The molecule has 0 aliphatic heterocycles. The Bertz CT molecular complexity index is 773. The van der Waals surface area contributed by atoms with Crippen LogP contribution in [0.2, 0.25) is 0 Å². The maximum atomic E-state index is 14.9. The van der Waals surface area contributed by atoms with E-state index in [2.05, 4.69) is 18.8 Å². The van der Waals surface area contributed by atoms with Gasteiger partial charge in [-0.15, -0.1) is 0 Å². The molecule has 25 heavy (non-hydrogen) atoms. The lowest BCUT2D eigenvalue weighted by molar-refractivity contribution is -0.0106. The maximum Gasteiger partial charge on any atom is 0.208 e. The van der Waals surface area contributed by atoms with Gasteiger partial charge in [0.1, 0.15) is 0 Å². The van der Waals surface area contributed by atoms with Gasteiger partial charge >= 0.3 is 0 Å². The smallest absolute Gasteiger partial charge is 0.208 e. The van der Waals surface area contributed by atoms with Crippen LogP contribution in [0.4, 0.5) is 14.6 Å². The van der Waals surface area contributed by atoms with E-state index in [0.29, 0.717) is 17.2 Å². The molecular weight excluding hydrogens is 320 g/mol. The van der Waals surface area contributed by atoms with Crippen molar-refractivity contribution in [3.8, 4) is 16.9 Å². The Hall–Kier alpha value is -2.10. The van der Waals surface area contributed by atoms with Crippen molar-refractivity contribution in [3.63, 3.8) is 0 Å². The molecule has 0 aromatic heterocycles. The van der Waals surface area contributed by atoms with Crippen molar-refractivity contribution in [2.45, 2.75) is 58.3 Å². The van der Waals surface area contributed by atoms with Gasteiger partial charge in [-0.2, -0.15) is 0 Å². The fourth-order valence-corrected chi connectivity index (χ4v) is 4.09. The first-order valence-electron chi connectivity index (χ1n) is 9.13. The summed E-state index contributed by atoms with van der Waals surface area (Å²) < 4.78 is 27.5. The fraction of sp³-hybridized carbons (Fsp3) is 0.429. The Balaban J connectivity index is 2.24. The molecule has 0 heterocycles. The van der Waals surface area contributed by atoms with Crippen molar-refractivity contribution in [2.75, 3.05) is 5.73 Å². The minimum absolute atomic E-state index is 0.348. The van der Waals surface area contributed by atoms with Gasteiger partial charge in [-0.05, 0) is 65.6 Å². The first-order valence-corrected chi connectivity index (χ1v) is 9.13. The number of unbranched alkanes of at least 4 members (excludes halogenated alkanes) is 1. The zero-order chi connectivity index (χ0) is 18.0. The lowest BCUT2D eigenvalue weighted by atomic mass is 9.73. The highest BCUT2D eigenvalue weighted by molar-refractivity contribution is 5.79. The Morgan fingerprint density at radius 2 is 2.00 bits per heavy atom. The van der Waals surface area contributed by atoms with E-state index in [0.717, 1.165) is 49.7 Å². The van der Waals surface area contributed by atoms with E-state index >= 15 is 0 Å². The summed E-state index contributed by atoms with van der Waals surface area (Å²) in [5.41, 5.74) is 11.3. The second kappa shape index (κ2) is 7.42. The predicted octanol–water partition coefficient (Wildman–Crippen LogP) is 6.12. The van der Waals surface area contributed by atoms with Crippen molar-refractivity contribution in [2.24, 2.45) is 0 Å². The number of anilines is 1. The molecule has 0 saturated heterocycles. The van der Waals surface area contributed by atoms with E-state index in [1.807, 2.05) is 12.1 Å². The largest absolute Gasteiger partial charge is 0.399 e. The number of nitrogen functional groups attached to an aromatic ring is 1. The molecule has 0 radical (unpaired) electrons. The van der Waals surface area contributed by atoms with Gasteiger partial charge in [0.15, 0.2) is 5.82 Å². The summed E-state index contributed by atoms with van der Waals surface area (Å²) in [5, 5.41) is 0. The highest BCUT2D eigenvalue weighted by atomic mass is 19.3. The first-order chi connectivity index (χ1) is 12.1. The molecule has 0 saturated carbocycles. The SMILES string of the molecule is CCCCC1Cc2ccc(OF)c(F)c2-c2cc(N)cc(CCC)c21. The predicted molar refractivity (Wildman–Crippen MR) is 97.9 cm³/mol. The zero-order valence-corrected chi connectivity index (χ0v) is 14.9. The number of aryl methyl sites for hydroxylation is 1. The van der Waals surface area contributed by atoms with Crippen molar-refractivity contribution in [3.05, 3.63) is 46.8 Å². The molecule has 1 aliphatic carbocycles. The Morgan fingerprint density at radius 3 is 2.68 bits per heavy atom. The number of halogens is 2. The van der Waals surface area contributed by atoms with Crippen LogP contribution in [0.15, 0.2) is 24.3 Å². The van der Waals surface area contributed by atoms with Gasteiger partial charge in [0.05, 0.1) is 0 Å². The van der Waals surface area contributed by atoms with Gasteiger partial charge in [-0.1, -0.05) is 39.2 Å². The number of hydrogen-bond acceptors (Lipinski definition) is 2. The van der Waals surface area contributed by atoms with Crippen LogP contribution in [0.25, 0.3) is 11.1 Å². The second-order valence-corrected chi connectivity index (χ2v) is 6.92. The summed E-state index contributed by atoms with van der Waals surface area (Å²) >= 11 is 0. The van der Waals surface area contributed by atoms with E-state index < -0.39 is 5.82 Å². The molecule has 1 unspecified atom stereocenters. The molecule has 0 amide bonds. The zero-order valence-electron chi connectivity index (χ0n) is 14.9. The van der Waals surface area contributed by atoms with Crippen LogP contribution >= 0.6 is 0 Å². The van der Waals surface area contributed by atoms with Gasteiger partial charge in [0, 0.05) is 15.8 Å². The second-order valence-electron chi connectivity index (χ2n) is 6.92. The third kappa shape index (κ3) is 3.22. The molecule has 4 heteroatoms. The van der Waals surface area contributed by atoms with Crippen LogP contribution in [0.1, 0.15) is 62.1 Å². The van der Waals surface area contributed by atoms with Crippen LogP contribution in [-0.4, -0.2) is 0 Å². The Morgan fingerprint density at radius 1 is 1.20 bits per heavy atom.